The molecule has 1 unspecified atom stereocenters. The molecule has 0 radical (unpaired) electrons. The number of amides is 1. The number of ether oxygens (including phenoxy) is 1. The van der Waals surface area contributed by atoms with Gasteiger partial charge in [0.15, 0.2) is 0 Å². The van der Waals surface area contributed by atoms with Crippen molar-refractivity contribution in [1.82, 2.24) is 5.32 Å². The van der Waals surface area contributed by atoms with E-state index in [2.05, 4.69) is 5.32 Å². The normalized spacial score (nSPS) is 13.5. The van der Waals surface area contributed by atoms with E-state index in [4.69, 9.17) is 9.84 Å². The van der Waals surface area contributed by atoms with Gasteiger partial charge in [-0.1, -0.05) is 6.92 Å². The molecule has 0 spiro atoms. The molecular formula is C14H19NO4. The van der Waals surface area contributed by atoms with E-state index in [9.17, 15) is 9.59 Å². The van der Waals surface area contributed by atoms with Crippen LogP contribution >= 0.6 is 0 Å². The summed E-state index contributed by atoms with van der Waals surface area (Å²) in [6, 6.07) is 5.03. The molecule has 19 heavy (non-hydrogen) atoms. The SMILES string of the molecule is CCC(C)(NC(=O)c1ccc(OC)cc1C)C(=O)O. The standard InChI is InChI=1S/C14H19NO4/c1-5-14(3,13(17)18)15-12(16)11-7-6-10(19-4)8-9(11)2/h6-8H,5H2,1-4H3,(H,15,16)(H,17,18). The van der Waals surface area contributed by atoms with Crippen molar-refractivity contribution in [2.45, 2.75) is 32.7 Å². The summed E-state index contributed by atoms with van der Waals surface area (Å²) >= 11 is 0. The number of carboxylic acid groups (broad SMARTS) is 1. The summed E-state index contributed by atoms with van der Waals surface area (Å²) in [6.45, 7) is 4.99. The number of aliphatic carboxylic acids is 1. The van der Waals surface area contributed by atoms with Crippen LogP contribution in [0.25, 0.3) is 0 Å². The average Bonchev–Trinajstić information content (AvgIpc) is 2.37. The van der Waals surface area contributed by atoms with Gasteiger partial charge in [-0.15, -0.1) is 0 Å². The van der Waals surface area contributed by atoms with Crippen LogP contribution in [0.3, 0.4) is 0 Å². The predicted molar refractivity (Wildman–Crippen MR) is 71.5 cm³/mol. The smallest absolute Gasteiger partial charge is 0.329 e. The van der Waals surface area contributed by atoms with Crippen molar-refractivity contribution in [2.75, 3.05) is 7.11 Å². The van der Waals surface area contributed by atoms with Crippen molar-refractivity contribution in [3.05, 3.63) is 29.3 Å². The Bertz CT molecular complexity index is 498. The number of hydrogen-bond acceptors (Lipinski definition) is 3. The monoisotopic (exact) mass is 265 g/mol. The van der Waals surface area contributed by atoms with Crippen LogP contribution in [0, 0.1) is 6.92 Å². The highest BCUT2D eigenvalue weighted by Crippen LogP contribution is 2.18. The maximum Gasteiger partial charge on any atom is 0.329 e. The highest BCUT2D eigenvalue weighted by atomic mass is 16.5. The molecule has 5 heteroatoms. The molecule has 104 valence electrons. The van der Waals surface area contributed by atoms with Gasteiger partial charge < -0.3 is 15.2 Å². The molecule has 1 aromatic carbocycles. The predicted octanol–water partition coefficient (Wildman–Crippen LogP) is 1.99. The van der Waals surface area contributed by atoms with Crippen molar-refractivity contribution in [3.8, 4) is 5.75 Å². The second kappa shape index (κ2) is 5.73. The molecule has 0 aliphatic carbocycles. The van der Waals surface area contributed by atoms with Crippen molar-refractivity contribution >= 4 is 11.9 Å². The number of hydrogen-bond donors (Lipinski definition) is 2. The van der Waals surface area contributed by atoms with Crippen LogP contribution in [-0.4, -0.2) is 29.6 Å². The van der Waals surface area contributed by atoms with Gasteiger partial charge in [0.1, 0.15) is 11.3 Å². The summed E-state index contributed by atoms with van der Waals surface area (Å²) in [5, 5.41) is 11.7. The van der Waals surface area contributed by atoms with Gasteiger partial charge in [-0.05, 0) is 44.0 Å². The Morgan fingerprint density at radius 1 is 1.42 bits per heavy atom. The number of carbonyl (C=O) groups is 2. The second-order valence-electron chi connectivity index (χ2n) is 4.63. The minimum absolute atomic E-state index is 0.309. The first kappa shape index (κ1) is 15.0. The first-order valence-electron chi connectivity index (χ1n) is 6.04. The van der Waals surface area contributed by atoms with Crippen molar-refractivity contribution in [3.63, 3.8) is 0 Å². The molecule has 0 aliphatic heterocycles. The molecule has 0 aliphatic rings. The Hall–Kier alpha value is -2.04. The molecule has 1 aromatic rings. The van der Waals surface area contributed by atoms with E-state index in [0.717, 1.165) is 5.56 Å². The van der Waals surface area contributed by atoms with Crippen LogP contribution in [0.1, 0.15) is 36.2 Å². The number of benzene rings is 1. The summed E-state index contributed by atoms with van der Waals surface area (Å²) in [5.74, 6) is -0.785. The van der Waals surface area contributed by atoms with E-state index in [1.54, 1.807) is 39.2 Å². The molecule has 1 amide bonds. The van der Waals surface area contributed by atoms with Gasteiger partial charge in [0.25, 0.3) is 5.91 Å². The molecule has 2 N–H and O–H groups in total. The highest BCUT2D eigenvalue weighted by molar-refractivity contribution is 5.98. The van der Waals surface area contributed by atoms with Gasteiger partial charge in [0.2, 0.25) is 0 Å². The molecule has 5 nitrogen and oxygen atoms in total. The lowest BCUT2D eigenvalue weighted by molar-refractivity contribution is -0.143. The molecule has 0 aromatic heterocycles. The Balaban J connectivity index is 2.98. The van der Waals surface area contributed by atoms with Crippen LogP contribution < -0.4 is 10.1 Å². The number of carboxylic acids is 1. The minimum atomic E-state index is -1.26. The topological polar surface area (TPSA) is 75.6 Å². The van der Waals surface area contributed by atoms with Crippen LogP contribution in [0.5, 0.6) is 5.75 Å². The number of nitrogens with one attached hydrogen (secondary N) is 1. The van der Waals surface area contributed by atoms with Gasteiger partial charge in [-0.25, -0.2) is 4.79 Å². The molecule has 1 rings (SSSR count). The van der Waals surface area contributed by atoms with Gasteiger partial charge >= 0.3 is 5.97 Å². The quantitative estimate of drug-likeness (QED) is 0.853. The summed E-state index contributed by atoms with van der Waals surface area (Å²) in [5.41, 5.74) is -0.0777. The number of methoxy groups -OCH3 is 1. The zero-order valence-corrected chi connectivity index (χ0v) is 11.6. The van der Waals surface area contributed by atoms with Crippen LogP contribution in [0.4, 0.5) is 0 Å². The first-order chi connectivity index (χ1) is 8.84. The van der Waals surface area contributed by atoms with Crippen molar-refractivity contribution in [1.29, 1.82) is 0 Å². The van der Waals surface area contributed by atoms with E-state index in [0.29, 0.717) is 17.7 Å². The molecule has 0 fully saturated rings. The molecule has 0 bridgehead atoms. The van der Waals surface area contributed by atoms with E-state index in [1.807, 2.05) is 0 Å². The number of carbonyl (C=O) groups excluding carboxylic acids is 1. The van der Waals surface area contributed by atoms with Crippen LogP contribution in [0.2, 0.25) is 0 Å². The van der Waals surface area contributed by atoms with Crippen molar-refractivity contribution in [2.24, 2.45) is 0 Å². The lowest BCUT2D eigenvalue weighted by Gasteiger charge is -2.25. The number of aryl methyl sites for hydroxylation is 1. The third-order valence-electron chi connectivity index (χ3n) is 3.25. The zero-order valence-electron chi connectivity index (χ0n) is 11.6. The van der Waals surface area contributed by atoms with E-state index in [1.165, 1.54) is 6.92 Å². The summed E-state index contributed by atoms with van der Waals surface area (Å²) in [4.78, 5) is 23.3. The molecule has 0 saturated heterocycles. The lowest BCUT2D eigenvalue weighted by atomic mass is 9.98. The molecule has 1 atom stereocenters. The van der Waals surface area contributed by atoms with Crippen LogP contribution in [-0.2, 0) is 4.79 Å². The molecular weight excluding hydrogens is 246 g/mol. The van der Waals surface area contributed by atoms with Gasteiger partial charge in [0.05, 0.1) is 7.11 Å². The van der Waals surface area contributed by atoms with Crippen molar-refractivity contribution < 1.29 is 19.4 Å². The fourth-order valence-electron chi connectivity index (χ4n) is 1.63. The number of rotatable bonds is 5. The van der Waals surface area contributed by atoms with Crippen LogP contribution in [0.15, 0.2) is 18.2 Å². The fraction of sp³-hybridized carbons (Fsp3) is 0.429. The Labute approximate surface area is 112 Å². The van der Waals surface area contributed by atoms with E-state index in [-0.39, 0.29) is 0 Å². The Kier molecular flexibility index (Phi) is 4.53. The second-order valence-corrected chi connectivity index (χ2v) is 4.63. The zero-order chi connectivity index (χ0) is 14.6. The van der Waals surface area contributed by atoms with Gasteiger partial charge in [-0.3, -0.25) is 4.79 Å². The first-order valence-corrected chi connectivity index (χ1v) is 6.04. The Morgan fingerprint density at radius 2 is 2.05 bits per heavy atom. The molecule has 0 saturated carbocycles. The maximum absolute atomic E-state index is 12.1. The maximum atomic E-state index is 12.1. The van der Waals surface area contributed by atoms with Gasteiger partial charge in [0, 0.05) is 5.56 Å². The summed E-state index contributed by atoms with van der Waals surface area (Å²) in [7, 11) is 1.55. The fourth-order valence-corrected chi connectivity index (χ4v) is 1.63. The largest absolute Gasteiger partial charge is 0.497 e. The molecule has 0 heterocycles. The summed E-state index contributed by atoms with van der Waals surface area (Å²) in [6.07, 6.45) is 0.309. The van der Waals surface area contributed by atoms with E-state index >= 15 is 0 Å². The lowest BCUT2D eigenvalue weighted by Crippen LogP contribution is -2.51. The summed E-state index contributed by atoms with van der Waals surface area (Å²) < 4.78 is 5.06. The average molecular weight is 265 g/mol. The third kappa shape index (κ3) is 3.24. The third-order valence-corrected chi connectivity index (χ3v) is 3.25. The van der Waals surface area contributed by atoms with Gasteiger partial charge in [-0.2, -0.15) is 0 Å². The minimum Gasteiger partial charge on any atom is -0.497 e. The van der Waals surface area contributed by atoms with E-state index < -0.39 is 17.4 Å². The Morgan fingerprint density at radius 3 is 2.47 bits per heavy atom. The highest BCUT2D eigenvalue weighted by Gasteiger charge is 2.33.